The van der Waals surface area contributed by atoms with Crippen molar-refractivity contribution in [3.05, 3.63) is 0 Å². The third kappa shape index (κ3) is 5.06. The zero-order valence-electron chi connectivity index (χ0n) is 10.2. The molecule has 0 amide bonds. The van der Waals surface area contributed by atoms with E-state index in [-0.39, 0.29) is 11.5 Å². The van der Waals surface area contributed by atoms with Crippen LogP contribution in [0.25, 0.3) is 0 Å². The highest BCUT2D eigenvalue weighted by Crippen LogP contribution is 2.26. The first kappa shape index (κ1) is 14.3. The smallest absolute Gasteiger partial charge is 0.151 e. The highest BCUT2D eigenvalue weighted by molar-refractivity contribution is 7.99. The van der Waals surface area contributed by atoms with E-state index in [9.17, 15) is 8.42 Å². The van der Waals surface area contributed by atoms with Crippen molar-refractivity contribution in [3.8, 4) is 0 Å². The maximum Gasteiger partial charge on any atom is 0.151 e. The molecule has 1 rings (SSSR count). The minimum atomic E-state index is -2.81. The quantitative estimate of drug-likeness (QED) is 0.794. The van der Waals surface area contributed by atoms with Crippen LogP contribution in [0.15, 0.2) is 0 Å². The Bertz CT molecular complexity index is 290. The van der Waals surface area contributed by atoms with Crippen LogP contribution in [0.1, 0.15) is 32.6 Å². The standard InChI is InChI=1S/C11H23NO2S2/c1-3-16(13,14)8-7-12-10-5-4-6-11(9-10)15-2/h10-12H,3-9H2,1-2H3. The lowest BCUT2D eigenvalue weighted by Crippen LogP contribution is -2.37. The number of hydrogen-bond donors (Lipinski definition) is 1. The predicted octanol–water partition coefficient (Wildman–Crippen LogP) is 1.68. The van der Waals surface area contributed by atoms with Crippen LogP contribution in [0.4, 0.5) is 0 Å². The third-order valence-corrected chi connectivity index (χ3v) is 6.05. The largest absolute Gasteiger partial charge is 0.313 e. The fraction of sp³-hybridized carbons (Fsp3) is 1.00. The summed E-state index contributed by atoms with van der Waals surface area (Å²) in [5.41, 5.74) is 0. The van der Waals surface area contributed by atoms with Gasteiger partial charge in [0.1, 0.15) is 0 Å². The monoisotopic (exact) mass is 265 g/mol. The molecule has 1 N–H and O–H groups in total. The van der Waals surface area contributed by atoms with Crippen molar-refractivity contribution in [1.29, 1.82) is 0 Å². The zero-order chi connectivity index (χ0) is 12.0. The predicted molar refractivity (Wildman–Crippen MR) is 71.9 cm³/mol. The molecule has 3 nitrogen and oxygen atoms in total. The maximum atomic E-state index is 11.3. The summed E-state index contributed by atoms with van der Waals surface area (Å²) in [6.45, 7) is 2.32. The van der Waals surface area contributed by atoms with Crippen LogP contribution in [0.3, 0.4) is 0 Å². The highest BCUT2D eigenvalue weighted by Gasteiger charge is 2.20. The van der Waals surface area contributed by atoms with Crippen molar-refractivity contribution < 1.29 is 8.42 Å². The molecule has 0 radical (unpaired) electrons. The van der Waals surface area contributed by atoms with E-state index in [4.69, 9.17) is 0 Å². The van der Waals surface area contributed by atoms with Crippen LogP contribution < -0.4 is 5.32 Å². The molecule has 16 heavy (non-hydrogen) atoms. The van der Waals surface area contributed by atoms with E-state index in [2.05, 4.69) is 11.6 Å². The Morgan fingerprint density at radius 2 is 2.12 bits per heavy atom. The fourth-order valence-electron chi connectivity index (χ4n) is 2.11. The Hall–Kier alpha value is 0.260. The van der Waals surface area contributed by atoms with Gasteiger partial charge >= 0.3 is 0 Å². The molecule has 0 aromatic heterocycles. The first-order valence-electron chi connectivity index (χ1n) is 6.04. The summed E-state index contributed by atoms with van der Waals surface area (Å²) >= 11 is 1.93. The van der Waals surface area contributed by atoms with Crippen LogP contribution in [-0.2, 0) is 9.84 Å². The summed E-state index contributed by atoms with van der Waals surface area (Å²) in [6.07, 6.45) is 7.13. The first-order chi connectivity index (χ1) is 7.57. The van der Waals surface area contributed by atoms with Gasteiger partial charge in [-0.3, -0.25) is 0 Å². The lowest BCUT2D eigenvalue weighted by molar-refractivity contribution is 0.388. The number of rotatable bonds is 6. The summed E-state index contributed by atoms with van der Waals surface area (Å²) in [5.74, 6) is 0.538. The van der Waals surface area contributed by atoms with Crippen LogP contribution in [0, 0.1) is 0 Å². The molecule has 1 aliphatic carbocycles. The summed E-state index contributed by atoms with van der Waals surface area (Å²) in [5, 5.41) is 4.14. The second kappa shape index (κ2) is 6.87. The average Bonchev–Trinajstić information content (AvgIpc) is 2.29. The van der Waals surface area contributed by atoms with Gasteiger partial charge in [0.05, 0.1) is 5.75 Å². The first-order valence-corrected chi connectivity index (χ1v) is 9.15. The van der Waals surface area contributed by atoms with Gasteiger partial charge in [0.15, 0.2) is 9.84 Å². The molecule has 1 fully saturated rings. The Morgan fingerprint density at radius 3 is 2.75 bits per heavy atom. The summed E-state index contributed by atoms with van der Waals surface area (Å²) < 4.78 is 22.6. The zero-order valence-corrected chi connectivity index (χ0v) is 11.9. The van der Waals surface area contributed by atoms with Crippen LogP contribution in [-0.4, -0.2) is 44.0 Å². The summed E-state index contributed by atoms with van der Waals surface area (Å²) in [7, 11) is -2.81. The van der Waals surface area contributed by atoms with Gasteiger partial charge in [0, 0.05) is 23.6 Å². The SMILES string of the molecule is CCS(=O)(=O)CCNC1CCCC(SC)C1. The second-order valence-electron chi connectivity index (χ2n) is 4.41. The average molecular weight is 265 g/mol. The third-order valence-electron chi connectivity index (χ3n) is 3.25. The number of sulfone groups is 1. The Balaban J connectivity index is 2.22. The van der Waals surface area contributed by atoms with Gasteiger partial charge in [-0.25, -0.2) is 8.42 Å². The molecule has 2 atom stereocenters. The van der Waals surface area contributed by atoms with E-state index >= 15 is 0 Å². The minimum absolute atomic E-state index is 0.257. The second-order valence-corrected chi connectivity index (χ2v) is 8.02. The molecular formula is C11H23NO2S2. The fourth-order valence-corrected chi connectivity index (χ4v) is 3.65. The molecule has 0 bridgehead atoms. The van der Waals surface area contributed by atoms with E-state index in [1.807, 2.05) is 11.8 Å². The topological polar surface area (TPSA) is 46.2 Å². The van der Waals surface area contributed by atoms with Gasteiger partial charge in [-0.15, -0.1) is 0 Å². The maximum absolute atomic E-state index is 11.3. The van der Waals surface area contributed by atoms with Crippen LogP contribution in [0.5, 0.6) is 0 Å². The van der Waals surface area contributed by atoms with Gasteiger partial charge in [-0.2, -0.15) is 11.8 Å². The lowest BCUT2D eigenvalue weighted by Gasteiger charge is -2.28. The van der Waals surface area contributed by atoms with Gasteiger partial charge < -0.3 is 5.32 Å². The van der Waals surface area contributed by atoms with Gasteiger partial charge in [0.2, 0.25) is 0 Å². The van der Waals surface area contributed by atoms with Crippen LogP contribution >= 0.6 is 11.8 Å². The molecule has 0 aliphatic heterocycles. The Morgan fingerprint density at radius 1 is 1.38 bits per heavy atom. The van der Waals surface area contributed by atoms with E-state index in [1.54, 1.807) is 6.92 Å². The summed E-state index contributed by atoms with van der Waals surface area (Å²) in [4.78, 5) is 0. The van der Waals surface area contributed by atoms with Gasteiger partial charge in [-0.05, 0) is 25.5 Å². The Labute approximate surface area is 104 Å². The molecule has 0 saturated heterocycles. The van der Waals surface area contributed by atoms with Crippen LogP contribution in [0.2, 0.25) is 0 Å². The van der Waals surface area contributed by atoms with Crippen molar-refractivity contribution in [2.24, 2.45) is 0 Å². The molecule has 0 spiro atoms. The normalized spacial score (nSPS) is 26.9. The molecule has 2 unspecified atom stereocenters. The molecule has 0 aromatic rings. The van der Waals surface area contributed by atoms with Gasteiger partial charge in [-0.1, -0.05) is 13.3 Å². The lowest BCUT2D eigenvalue weighted by atomic mass is 9.95. The molecule has 96 valence electrons. The summed E-state index contributed by atoms with van der Waals surface area (Å²) in [6, 6.07) is 0.526. The van der Waals surface area contributed by atoms with E-state index in [1.165, 1.54) is 25.7 Å². The number of thioether (sulfide) groups is 1. The van der Waals surface area contributed by atoms with Gasteiger partial charge in [0.25, 0.3) is 0 Å². The number of hydrogen-bond acceptors (Lipinski definition) is 4. The van der Waals surface area contributed by atoms with E-state index in [0.29, 0.717) is 12.6 Å². The van der Waals surface area contributed by atoms with Crippen molar-refractivity contribution in [3.63, 3.8) is 0 Å². The van der Waals surface area contributed by atoms with E-state index < -0.39 is 9.84 Å². The van der Waals surface area contributed by atoms with Crippen molar-refractivity contribution >= 4 is 21.6 Å². The molecule has 1 aliphatic rings. The molecule has 0 aromatic carbocycles. The van der Waals surface area contributed by atoms with Crippen molar-refractivity contribution in [1.82, 2.24) is 5.32 Å². The minimum Gasteiger partial charge on any atom is -0.313 e. The van der Waals surface area contributed by atoms with E-state index in [0.717, 1.165) is 5.25 Å². The highest BCUT2D eigenvalue weighted by atomic mass is 32.2. The molecular weight excluding hydrogens is 242 g/mol. The van der Waals surface area contributed by atoms with Crippen molar-refractivity contribution in [2.75, 3.05) is 24.3 Å². The Kier molecular flexibility index (Phi) is 6.15. The molecule has 5 heteroatoms. The molecule has 0 heterocycles. The molecule has 1 saturated carbocycles. The van der Waals surface area contributed by atoms with Crippen molar-refractivity contribution in [2.45, 2.75) is 43.9 Å². The number of nitrogens with one attached hydrogen (secondary N) is 1.